The maximum Gasteiger partial charge on any atom is 0.0644 e. The molecule has 0 radical (unpaired) electrons. The molecule has 354 valence electrons. The van der Waals surface area contributed by atoms with Crippen molar-refractivity contribution in [1.82, 2.24) is 4.90 Å². The summed E-state index contributed by atoms with van der Waals surface area (Å²) < 4.78 is 18.8. The van der Waals surface area contributed by atoms with Gasteiger partial charge < -0.3 is 19.1 Å². The molecule has 0 spiro atoms. The molecule has 0 bridgehead atoms. The molecule has 0 unspecified atom stereocenters. The second-order valence-electron chi connectivity index (χ2n) is 22.1. The van der Waals surface area contributed by atoms with Crippen LogP contribution in [-0.2, 0) is 14.2 Å². The molecule has 0 saturated heterocycles. The van der Waals surface area contributed by atoms with Gasteiger partial charge in [-0.15, -0.1) is 0 Å². The highest BCUT2D eigenvalue weighted by molar-refractivity contribution is 5.25. The fourth-order valence-electron chi connectivity index (χ4n) is 12.9. The lowest BCUT2D eigenvalue weighted by Crippen LogP contribution is -2.51. The summed E-state index contributed by atoms with van der Waals surface area (Å²) in [4.78, 5) is 2.26. The number of hydrogen-bond acceptors (Lipinski definition) is 4. The van der Waals surface area contributed by atoms with E-state index in [1.165, 1.54) is 167 Å². The fraction of sp³-hybridized carbons (Fsp3) is 0.895. The van der Waals surface area contributed by atoms with E-state index in [0.29, 0.717) is 23.0 Å². The monoisotopic (exact) mass is 850 g/mol. The Balaban J connectivity index is 0.968. The smallest absolute Gasteiger partial charge is 0.0644 e. The molecule has 4 heteroatoms. The first kappa shape index (κ1) is 52.7. The van der Waals surface area contributed by atoms with Crippen LogP contribution in [0.5, 0.6) is 0 Å². The van der Waals surface area contributed by atoms with Crippen molar-refractivity contribution in [2.75, 3.05) is 47.1 Å². The van der Waals surface area contributed by atoms with Crippen LogP contribution in [0.15, 0.2) is 36.0 Å². The number of rotatable bonds is 34. The maximum absolute atomic E-state index is 6.59. The Bertz CT molecular complexity index is 1220. The third-order valence-electron chi connectivity index (χ3n) is 16.9. The highest BCUT2D eigenvalue weighted by atomic mass is 16.5. The molecular weight excluding hydrogens is 747 g/mol. The van der Waals surface area contributed by atoms with Crippen LogP contribution < -0.4 is 0 Å². The second kappa shape index (κ2) is 29.6. The minimum absolute atomic E-state index is 0.335. The normalized spacial score (nSPS) is 28.8. The van der Waals surface area contributed by atoms with Crippen molar-refractivity contribution in [3.63, 3.8) is 0 Å². The number of likely N-dealkylation sites (N-methyl/N-ethyl adjacent to an activating group) is 1. The van der Waals surface area contributed by atoms with Gasteiger partial charge >= 0.3 is 0 Å². The van der Waals surface area contributed by atoms with Gasteiger partial charge in [0.2, 0.25) is 0 Å². The van der Waals surface area contributed by atoms with Crippen LogP contribution in [0.4, 0.5) is 0 Å². The molecule has 0 heterocycles. The van der Waals surface area contributed by atoms with E-state index in [1.807, 2.05) is 0 Å². The van der Waals surface area contributed by atoms with Gasteiger partial charge in [0.05, 0.1) is 25.4 Å². The molecule has 0 N–H and O–H groups in total. The molecule has 0 aromatic carbocycles. The number of fused-ring (bicyclic) bond motifs is 5. The van der Waals surface area contributed by atoms with Crippen LogP contribution >= 0.6 is 0 Å². The zero-order valence-electron chi connectivity index (χ0n) is 42.0. The summed E-state index contributed by atoms with van der Waals surface area (Å²) in [6.07, 6.45) is 49.5. The lowest BCUT2D eigenvalue weighted by atomic mass is 9.47. The zero-order valence-corrected chi connectivity index (χ0v) is 42.0. The number of ether oxygens (including phenoxy) is 3. The van der Waals surface area contributed by atoms with Crippen LogP contribution in [0.2, 0.25) is 0 Å². The van der Waals surface area contributed by atoms with Gasteiger partial charge in [0.25, 0.3) is 0 Å². The predicted molar refractivity (Wildman–Crippen MR) is 264 cm³/mol. The third kappa shape index (κ3) is 17.8. The van der Waals surface area contributed by atoms with E-state index in [0.717, 1.165) is 81.4 Å². The van der Waals surface area contributed by atoms with Gasteiger partial charge in [-0.2, -0.15) is 0 Å². The summed E-state index contributed by atoms with van der Waals surface area (Å²) in [6.45, 7) is 19.3. The van der Waals surface area contributed by atoms with Crippen molar-refractivity contribution >= 4 is 0 Å². The molecule has 0 amide bonds. The molecular formula is C57H103NO3. The molecule has 61 heavy (non-hydrogen) atoms. The first-order valence-electron chi connectivity index (χ1n) is 27.0. The van der Waals surface area contributed by atoms with E-state index in [1.54, 1.807) is 5.57 Å². The van der Waals surface area contributed by atoms with E-state index in [4.69, 9.17) is 14.2 Å². The van der Waals surface area contributed by atoms with Crippen molar-refractivity contribution in [1.29, 1.82) is 0 Å². The van der Waals surface area contributed by atoms with Crippen LogP contribution in [-0.4, -0.2) is 64.2 Å². The fourth-order valence-corrected chi connectivity index (χ4v) is 12.9. The third-order valence-corrected chi connectivity index (χ3v) is 16.9. The number of unbranched alkanes of at least 4 members (excludes halogenated alkanes) is 13. The lowest BCUT2D eigenvalue weighted by Gasteiger charge is -2.58. The topological polar surface area (TPSA) is 30.9 Å². The van der Waals surface area contributed by atoms with Crippen molar-refractivity contribution < 1.29 is 14.2 Å². The first-order chi connectivity index (χ1) is 29.6. The zero-order chi connectivity index (χ0) is 43.8. The Morgan fingerprint density at radius 2 is 1.30 bits per heavy atom. The molecule has 4 rings (SSSR count). The highest BCUT2D eigenvalue weighted by Crippen LogP contribution is 2.67. The average Bonchev–Trinajstić information content (AvgIpc) is 3.60. The van der Waals surface area contributed by atoms with E-state index in [2.05, 4.69) is 90.9 Å². The van der Waals surface area contributed by atoms with Gasteiger partial charge in [0.1, 0.15) is 0 Å². The molecule has 4 nitrogen and oxygen atoms in total. The summed E-state index contributed by atoms with van der Waals surface area (Å²) in [5.74, 6) is 5.48. The molecule has 9 atom stereocenters. The Labute approximate surface area is 380 Å². The van der Waals surface area contributed by atoms with E-state index >= 15 is 0 Å². The average molecular weight is 850 g/mol. The summed E-state index contributed by atoms with van der Waals surface area (Å²) in [6, 6.07) is 0.335. The summed E-state index contributed by atoms with van der Waals surface area (Å²) in [7, 11) is 4.30. The number of nitrogens with zero attached hydrogens (tertiary/aromatic N) is 1. The Kier molecular flexibility index (Phi) is 25.5. The number of hydrogen-bond donors (Lipinski definition) is 0. The highest BCUT2D eigenvalue weighted by Gasteiger charge is 2.59. The molecule has 4 aliphatic rings. The first-order valence-corrected chi connectivity index (χ1v) is 27.0. The standard InChI is InChI=1S/C57H103NO3/c1-9-10-11-12-13-14-15-16-17-18-19-20-21-22-24-27-41-59-45-50(58(7)8)46-60-42-28-25-23-26-29-43-61-51-37-39-56(5)49(44-51)33-34-52-54-36-35-53(48(4)32-30-31-47(2)3)57(54,6)40-38-55(52)56/h13-14,16-17,33,47-48,50-55H,9-12,15,18-32,34-46H2,1-8H3/t48-,50+,51+,52+,53-,54+,55+,56+,57-/m1/s1. The minimum atomic E-state index is 0.335. The van der Waals surface area contributed by atoms with Crippen molar-refractivity contribution in [2.24, 2.45) is 46.3 Å². The van der Waals surface area contributed by atoms with Crippen LogP contribution in [0.1, 0.15) is 221 Å². The van der Waals surface area contributed by atoms with Gasteiger partial charge in [-0.25, -0.2) is 0 Å². The van der Waals surface area contributed by atoms with Gasteiger partial charge in [-0.05, 0) is 163 Å². The van der Waals surface area contributed by atoms with Gasteiger partial charge in [-0.3, -0.25) is 0 Å². The molecule has 0 aliphatic heterocycles. The Morgan fingerprint density at radius 1 is 0.672 bits per heavy atom. The van der Waals surface area contributed by atoms with Crippen molar-refractivity contribution in [3.8, 4) is 0 Å². The summed E-state index contributed by atoms with van der Waals surface area (Å²) in [5.41, 5.74) is 2.79. The summed E-state index contributed by atoms with van der Waals surface area (Å²) in [5, 5.41) is 0. The molecule has 3 fully saturated rings. The summed E-state index contributed by atoms with van der Waals surface area (Å²) >= 11 is 0. The van der Waals surface area contributed by atoms with E-state index in [9.17, 15) is 0 Å². The molecule has 4 aliphatic carbocycles. The number of allylic oxidation sites excluding steroid dienone is 5. The lowest BCUT2D eigenvalue weighted by molar-refractivity contribution is -0.0641. The SMILES string of the molecule is CCCCCC=CCC=CCCCCCCCCOC[C@@H](COCCCCCCCO[C@H]1CC[C@@]2(C)C(=CC[C@H]3[C@@H]4CC[C@H]([C@H](C)CCCC(C)C)[C@@]4(C)CC[C@@H]32)C1)N(C)C. The van der Waals surface area contributed by atoms with Gasteiger partial charge in [0.15, 0.2) is 0 Å². The van der Waals surface area contributed by atoms with Crippen molar-refractivity contribution in [2.45, 2.75) is 233 Å². The quantitative estimate of drug-likeness (QED) is 0.0477. The molecule has 3 saturated carbocycles. The predicted octanol–water partition coefficient (Wildman–Crippen LogP) is 16.1. The van der Waals surface area contributed by atoms with Gasteiger partial charge in [0, 0.05) is 19.8 Å². The van der Waals surface area contributed by atoms with Crippen LogP contribution in [0.25, 0.3) is 0 Å². The largest absolute Gasteiger partial charge is 0.380 e. The minimum Gasteiger partial charge on any atom is -0.380 e. The molecule has 0 aromatic heterocycles. The van der Waals surface area contributed by atoms with Crippen LogP contribution in [0.3, 0.4) is 0 Å². The van der Waals surface area contributed by atoms with E-state index < -0.39 is 0 Å². The van der Waals surface area contributed by atoms with E-state index in [-0.39, 0.29) is 0 Å². The Morgan fingerprint density at radius 3 is 1.93 bits per heavy atom. The van der Waals surface area contributed by atoms with Crippen LogP contribution in [0, 0.1) is 46.3 Å². The second-order valence-corrected chi connectivity index (χ2v) is 22.1. The Hall–Kier alpha value is -0.940. The molecule has 0 aromatic rings. The van der Waals surface area contributed by atoms with Gasteiger partial charge in [-0.1, -0.05) is 155 Å². The van der Waals surface area contributed by atoms with Crippen molar-refractivity contribution in [3.05, 3.63) is 36.0 Å². The maximum atomic E-state index is 6.59.